The maximum atomic E-state index is 12.2. The quantitative estimate of drug-likeness (QED) is 0.350. The highest BCUT2D eigenvalue weighted by molar-refractivity contribution is 6.70. The number of hydrogen-bond donors (Lipinski definition) is 0. The van der Waals surface area contributed by atoms with E-state index in [0.29, 0.717) is 0 Å². The average Bonchev–Trinajstić information content (AvgIpc) is 2.44. The minimum atomic E-state index is -2.46. The molecule has 0 radical (unpaired) electrons. The molecule has 0 aromatic carbocycles. The summed E-state index contributed by atoms with van der Waals surface area (Å²) in [6, 6.07) is 0. The van der Waals surface area contributed by atoms with Gasteiger partial charge in [0.15, 0.2) is 0 Å². The van der Waals surface area contributed by atoms with Crippen molar-refractivity contribution >= 4 is 14.5 Å². The molecular formula is C14H30O4Si. The number of unbranched alkanes of at least 4 members (excludes halogenated alkanes) is 2. The summed E-state index contributed by atoms with van der Waals surface area (Å²) in [6.07, 6.45) is 5.31. The van der Waals surface area contributed by atoms with Crippen molar-refractivity contribution in [2.45, 2.75) is 71.1 Å². The van der Waals surface area contributed by atoms with Crippen LogP contribution in [0, 0.1) is 0 Å². The normalized spacial score (nSPS) is 15.1. The van der Waals surface area contributed by atoms with Crippen molar-refractivity contribution in [3.05, 3.63) is 0 Å². The number of carbonyl (C=O) groups excluding carboxylic acids is 1. The number of carbonyl (C=O) groups is 1. The Bertz CT molecular complexity index is 254. The van der Waals surface area contributed by atoms with Gasteiger partial charge in [-0.05, 0) is 32.7 Å². The standard InChI is InChI=1S/C14H30O4Si/c1-7-9-10-11-13(8-2)18-14(15)12(3)19(6,16-4)17-5/h12-13H,7-11H2,1-6H3. The van der Waals surface area contributed by atoms with E-state index in [4.69, 9.17) is 13.6 Å². The Kier molecular flexibility index (Phi) is 9.30. The Morgan fingerprint density at radius 2 is 1.74 bits per heavy atom. The second kappa shape index (κ2) is 9.50. The number of esters is 1. The van der Waals surface area contributed by atoms with E-state index in [1.54, 1.807) is 14.2 Å². The van der Waals surface area contributed by atoms with Crippen molar-refractivity contribution in [2.24, 2.45) is 0 Å². The molecule has 0 aromatic rings. The lowest BCUT2D eigenvalue weighted by molar-refractivity contribution is -0.150. The molecule has 114 valence electrons. The van der Waals surface area contributed by atoms with Crippen LogP contribution in [0.25, 0.3) is 0 Å². The van der Waals surface area contributed by atoms with Crippen LogP contribution in [0.2, 0.25) is 12.1 Å². The maximum Gasteiger partial charge on any atom is 0.348 e. The molecule has 0 saturated carbocycles. The van der Waals surface area contributed by atoms with Crippen LogP contribution in [-0.4, -0.2) is 34.9 Å². The first-order valence-electron chi connectivity index (χ1n) is 7.25. The Hall–Kier alpha value is -0.393. The van der Waals surface area contributed by atoms with Gasteiger partial charge in [0.25, 0.3) is 0 Å². The number of ether oxygens (including phenoxy) is 1. The molecular weight excluding hydrogens is 260 g/mol. The molecule has 0 aliphatic rings. The third-order valence-corrected chi connectivity index (χ3v) is 7.25. The molecule has 0 bridgehead atoms. The van der Waals surface area contributed by atoms with Gasteiger partial charge in [0, 0.05) is 14.2 Å². The topological polar surface area (TPSA) is 44.8 Å². The van der Waals surface area contributed by atoms with E-state index in [-0.39, 0.29) is 17.6 Å². The molecule has 0 rings (SSSR count). The lowest BCUT2D eigenvalue weighted by Gasteiger charge is -2.29. The summed E-state index contributed by atoms with van der Waals surface area (Å²) < 4.78 is 16.4. The zero-order chi connectivity index (χ0) is 14.9. The molecule has 0 fully saturated rings. The van der Waals surface area contributed by atoms with Crippen molar-refractivity contribution in [1.29, 1.82) is 0 Å². The summed E-state index contributed by atoms with van der Waals surface area (Å²) in [6.45, 7) is 7.94. The Morgan fingerprint density at radius 3 is 2.16 bits per heavy atom. The maximum absolute atomic E-state index is 12.2. The van der Waals surface area contributed by atoms with Crippen LogP contribution >= 0.6 is 0 Å². The molecule has 0 saturated heterocycles. The molecule has 0 aliphatic carbocycles. The van der Waals surface area contributed by atoms with Crippen molar-refractivity contribution in [3.63, 3.8) is 0 Å². The highest BCUT2D eigenvalue weighted by atomic mass is 28.4. The molecule has 2 unspecified atom stereocenters. The van der Waals surface area contributed by atoms with Crippen LogP contribution in [0.5, 0.6) is 0 Å². The Morgan fingerprint density at radius 1 is 1.16 bits per heavy atom. The average molecular weight is 290 g/mol. The monoisotopic (exact) mass is 290 g/mol. The van der Waals surface area contributed by atoms with Gasteiger partial charge in [-0.3, -0.25) is 4.79 Å². The van der Waals surface area contributed by atoms with Gasteiger partial charge in [-0.15, -0.1) is 0 Å². The van der Waals surface area contributed by atoms with Gasteiger partial charge in [0.2, 0.25) is 0 Å². The Balaban J connectivity index is 4.39. The van der Waals surface area contributed by atoms with Gasteiger partial charge in [-0.2, -0.15) is 0 Å². The molecule has 2 atom stereocenters. The summed E-state index contributed by atoms with van der Waals surface area (Å²) in [5.41, 5.74) is -0.317. The Labute approximate surface area is 119 Å². The molecule has 0 aliphatic heterocycles. The predicted octanol–water partition coefficient (Wildman–Crippen LogP) is 3.64. The first kappa shape index (κ1) is 18.6. The number of rotatable bonds is 10. The molecule has 0 heterocycles. The van der Waals surface area contributed by atoms with Crippen LogP contribution in [-0.2, 0) is 18.4 Å². The van der Waals surface area contributed by atoms with Gasteiger partial charge < -0.3 is 13.6 Å². The van der Waals surface area contributed by atoms with E-state index < -0.39 is 8.56 Å². The van der Waals surface area contributed by atoms with Gasteiger partial charge in [-0.1, -0.05) is 26.7 Å². The van der Waals surface area contributed by atoms with Crippen molar-refractivity contribution < 1.29 is 18.4 Å². The molecule has 19 heavy (non-hydrogen) atoms. The molecule has 0 amide bonds. The smallest absolute Gasteiger partial charge is 0.348 e. The summed E-state index contributed by atoms with van der Waals surface area (Å²) in [5.74, 6) is -0.193. The predicted molar refractivity (Wildman–Crippen MR) is 79.4 cm³/mol. The fourth-order valence-electron chi connectivity index (χ4n) is 1.89. The van der Waals surface area contributed by atoms with E-state index >= 15 is 0 Å². The van der Waals surface area contributed by atoms with Crippen molar-refractivity contribution in [2.75, 3.05) is 14.2 Å². The van der Waals surface area contributed by atoms with Gasteiger partial charge in [0.1, 0.15) is 6.10 Å². The molecule has 0 aromatic heterocycles. The summed E-state index contributed by atoms with van der Waals surface area (Å²) in [5, 5.41) is 0. The fourth-order valence-corrected chi connectivity index (χ4v) is 3.26. The largest absolute Gasteiger partial charge is 0.462 e. The minimum absolute atomic E-state index is 0.0217. The van der Waals surface area contributed by atoms with Crippen molar-refractivity contribution in [3.8, 4) is 0 Å². The van der Waals surface area contributed by atoms with Crippen LogP contribution in [0.4, 0.5) is 0 Å². The van der Waals surface area contributed by atoms with Crippen LogP contribution in [0.1, 0.15) is 52.9 Å². The summed E-state index contributed by atoms with van der Waals surface area (Å²) >= 11 is 0. The molecule has 0 spiro atoms. The van der Waals surface area contributed by atoms with Crippen LogP contribution in [0.3, 0.4) is 0 Å². The summed E-state index contributed by atoms with van der Waals surface area (Å²) in [7, 11) is 0.735. The van der Waals surface area contributed by atoms with Crippen LogP contribution < -0.4 is 0 Å². The molecule has 0 N–H and O–H groups in total. The third-order valence-electron chi connectivity index (χ3n) is 3.82. The van der Waals surface area contributed by atoms with E-state index in [1.807, 2.05) is 13.5 Å². The third kappa shape index (κ3) is 6.06. The minimum Gasteiger partial charge on any atom is -0.462 e. The number of hydrogen-bond acceptors (Lipinski definition) is 4. The van der Waals surface area contributed by atoms with E-state index in [2.05, 4.69) is 13.8 Å². The van der Waals surface area contributed by atoms with E-state index in [0.717, 1.165) is 19.3 Å². The first-order valence-corrected chi connectivity index (χ1v) is 9.65. The van der Waals surface area contributed by atoms with E-state index in [9.17, 15) is 4.79 Å². The van der Waals surface area contributed by atoms with Gasteiger partial charge in [0.05, 0.1) is 5.54 Å². The zero-order valence-electron chi connectivity index (χ0n) is 13.3. The van der Waals surface area contributed by atoms with Gasteiger partial charge in [-0.25, -0.2) is 0 Å². The summed E-state index contributed by atoms with van der Waals surface area (Å²) in [4.78, 5) is 12.2. The zero-order valence-corrected chi connectivity index (χ0v) is 14.3. The highest BCUT2D eigenvalue weighted by Crippen LogP contribution is 2.25. The second-order valence-corrected chi connectivity index (χ2v) is 8.82. The molecule has 4 nitrogen and oxygen atoms in total. The van der Waals surface area contributed by atoms with Crippen molar-refractivity contribution in [1.82, 2.24) is 0 Å². The lowest BCUT2D eigenvalue weighted by atomic mass is 10.1. The van der Waals surface area contributed by atoms with Gasteiger partial charge >= 0.3 is 14.5 Å². The fraction of sp³-hybridized carbons (Fsp3) is 0.929. The lowest BCUT2D eigenvalue weighted by Crippen LogP contribution is -2.45. The first-order chi connectivity index (χ1) is 8.95. The highest BCUT2D eigenvalue weighted by Gasteiger charge is 2.42. The SMILES string of the molecule is CCCCCC(CC)OC(=O)C(C)[Si](C)(OC)OC. The molecule has 5 heteroatoms. The van der Waals surface area contributed by atoms with Crippen LogP contribution in [0.15, 0.2) is 0 Å². The van der Waals surface area contributed by atoms with E-state index in [1.165, 1.54) is 12.8 Å². The second-order valence-electron chi connectivity index (χ2n) is 5.11.